The number of hydrogen-bond acceptors (Lipinski definition) is 12. The van der Waals surface area contributed by atoms with Crippen LogP contribution in [0.4, 0.5) is 10.7 Å². The number of nitrogens with two attached hydrogens (primary N) is 2. The quantitative estimate of drug-likeness (QED) is 0.279. The molecule has 3 heterocycles. The van der Waals surface area contributed by atoms with Crippen molar-refractivity contribution >= 4 is 36.8 Å². The second-order valence-electron chi connectivity index (χ2n) is 7.96. The summed E-state index contributed by atoms with van der Waals surface area (Å²) >= 11 is 0. The van der Waals surface area contributed by atoms with Crippen LogP contribution in [0.2, 0.25) is 0 Å². The van der Waals surface area contributed by atoms with Gasteiger partial charge in [0.15, 0.2) is 23.5 Å². The first-order valence-electron chi connectivity index (χ1n) is 11.7. The minimum absolute atomic E-state index is 0.0888. The number of carbonyl (C=O) groups is 2. The van der Waals surface area contributed by atoms with Crippen LogP contribution in [0, 0.1) is 0 Å². The Morgan fingerprint density at radius 2 is 1.89 bits per heavy atom. The molecule has 1 saturated heterocycles. The Bertz CT molecular complexity index is 1370. The number of rotatable bonds is 10. The summed E-state index contributed by atoms with van der Waals surface area (Å²) < 4.78 is 41.9. The molecular formula is C23H27N6O8P. The molecule has 14 nitrogen and oxygen atoms in total. The van der Waals surface area contributed by atoms with Crippen LogP contribution in [0.5, 0.6) is 5.88 Å². The third-order valence-corrected chi connectivity index (χ3v) is 7.12. The third-order valence-electron chi connectivity index (χ3n) is 5.34. The summed E-state index contributed by atoms with van der Waals surface area (Å²) in [6, 6.07) is 8.46. The number of hydrogen-bond donors (Lipinski definition) is 2. The molecule has 0 spiro atoms. The van der Waals surface area contributed by atoms with Crippen molar-refractivity contribution in [3.05, 3.63) is 54.1 Å². The monoisotopic (exact) mass is 546 g/mol. The first kappa shape index (κ1) is 27.2. The van der Waals surface area contributed by atoms with Crippen molar-refractivity contribution in [2.45, 2.75) is 38.7 Å². The number of amides is 1. The number of nitrogens with zero attached hydrogens (tertiary/aromatic N) is 4. The molecule has 0 aliphatic carbocycles. The van der Waals surface area contributed by atoms with Crippen LogP contribution in [-0.4, -0.2) is 57.0 Å². The smallest absolute Gasteiger partial charge is 0.411 e. The second-order valence-corrected chi connectivity index (χ2v) is 9.85. The lowest BCUT2D eigenvalue weighted by Crippen LogP contribution is -2.25. The first-order chi connectivity index (χ1) is 18.2. The number of nitrogen functional groups attached to an aromatic ring is 1. The van der Waals surface area contributed by atoms with E-state index in [2.05, 4.69) is 15.0 Å². The Hall–Kier alpha value is -3.84. The molecule has 1 amide bonds. The summed E-state index contributed by atoms with van der Waals surface area (Å²) in [5.41, 5.74) is 11.5. The van der Waals surface area contributed by atoms with Crippen molar-refractivity contribution in [1.82, 2.24) is 19.5 Å². The van der Waals surface area contributed by atoms with Gasteiger partial charge in [-0.15, -0.1) is 0 Å². The zero-order chi connectivity index (χ0) is 27.3. The minimum Gasteiger partial charge on any atom is -0.454 e. The average Bonchev–Trinajstić information content (AvgIpc) is 3.47. The summed E-state index contributed by atoms with van der Waals surface area (Å²) in [5.74, 6) is 0.311. The van der Waals surface area contributed by atoms with E-state index < -0.39 is 38.1 Å². The summed E-state index contributed by atoms with van der Waals surface area (Å²) in [6.07, 6.45) is -0.424. The van der Waals surface area contributed by atoms with Crippen LogP contribution in [0.3, 0.4) is 0 Å². The molecule has 2 aromatic heterocycles. The lowest BCUT2D eigenvalue weighted by atomic mass is 10.2. The van der Waals surface area contributed by atoms with E-state index in [-0.39, 0.29) is 42.6 Å². The first-order valence-corrected chi connectivity index (χ1v) is 13.3. The van der Waals surface area contributed by atoms with Gasteiger partial charge in [0.05, 0.1) is 31.2 Å². The van der Waals surface area contributed by atoms with Crippen molar-refractivity contribution in [2.75, 3.05) is 18.9 Å². The number of fused-ring (bicyclic) bond motifs is 1. The second kappa shape index (κ2) is 11.7. The number of aromatic nitrogens is 4. The normalized spacial score (nSPS) is 19.7. The van der Waals surface area contributed by atoms with E-state index >= 15 is 0 Å². The van der Waals surface area contributed by atoms with Crippen LogP contribution in [0.1, 0.15) is 36.9 Å². The largest absolute Gasteiger partial charge is 0.454 e. The molecule has 0 bridgehead atoms. The van der Waals surface area contributed by atoms with Crippen LogP contribution in [0.25, 0.3) is 11.2 Å². The van der Waals surface area contributed by atoms with Crippen LogP contribution >= 0.6 is 7.60 Å². The van der Waals surface area contributed by atoms with Gasteiger partial charge in [-0.1, -0.05) is 18.2 Å². The number of primary amides is 1. The highest BCUT2D eigenvalue weighted by atomic mass is 31.2. The summed E-state index contributed by atoms with van der Waals surface area (Å²) in [4.78, 5) is 36.5. The van der Waals surface area contributed by atoms with Gasteiger partial charge in [-0.05, 0) is 32.1 Å². The lowest BCUT2D eigenvalue weighted by molar-refractivity contribution is -0.0381. The molecule has 1 aliphatic heterocycles. The maximum absolute atomic E-state index is 12.9. The molecule has 15 heteroatoms. The maximum Gasteiger partial charge on any atom is 0.411 e. The van der Waals surface area contributed by atoms with Gasteiger partial charge in [0.2, 0.25) is 5.95 Å². The molecule has 4 N–H and O–H groups in total. The highest BCUT2D eigenvalue weighted by Gasteiger charge is 2.40. The van der Waals surface area contributed by atoms with Gasteiger partial charge < -0.3 is 34.7 Å². The Kier molecular flexibility index (Phi) is 8.37. The third kappa shape index (κ3) is 6.17. The molecule has 1 fully saturated rings. The zero-order valence-corrected chi connectivity index (χ0v) is 21.5. The number of imidazole rings is 1. The molecule has 0 saturated carbocycles. The van der Waals surface area contributed by atoms with Gasteiger partial charge in [0.25, 0.3) is 5.88 Å². The molecule has 3 atom stereocenters. The predicted octanol–water partition coefficient (Wildman–Crippen LogP) is 3.16. The van der Waals surface area contributed by atoms with Crippen molar-refractivity contribution in [1.29, 1.82) is 0 Å². The summed E-state index contributed by atoms with van der Waals surface area (Å²) in [7, 11) is -3.50. The van der Waals surface area contributed by atoms with Gasteiger partial charge in [-0.3, -0.25) is 9.13 Å². The molecule has 0 unspecified atom stereocenters. The van der Waals surface area contributed by atoms with E-state index in [0.29, 0.717) is 5.56 Å². The standard InChI is InChI=1S/C23H27N6O8P/c1-3-33-38(32,34-4-2)11-10-15-12-16(36-21(30)14-8-6-5-7-9-14)20(35-15)29-13-26-17-18(29)27-22(24)28-19(17)37-23(25)31/h5-11,13,15-16,20H,3-4,12H2,1-2H3,(H2,25,31)(H2,24,27,28)/b11-10+/t15-,16-,20-/m1/s1. The number of anilines is 1. The van der Waals surface area contributed by atoms with E-state index in [1.807, 2.05) is 0 Å². The highest BCUT2D eigenvalue weighted by Crippen LogP contribution is 2.50. The predicted molar refractivity (Wildman–Crippen MR) is 134 cm³/mol. The Balaban J connectivity index is 1.68. The number of esters is 1. The number of carbonyl (C=O) groups excluding carboxylic acids is 2. The number of benzene rings is 1. The average molecular weight is 546 g/mol. The molecule has 0 radical (unpaired) electrons. The Labute approximate surface area is 217 Å². The topological polar surface area (TPSA) is 193 Å². The fraction of sp³-hybridized carbons (Fsp3) is 0.348. The van der Waals surface area contributed by atoms with Gasteiger partial charge >= 0.3 is 19.7 Å². The van der Waals surface area contributed by atoms with Crippen molar-refractivity contribution in [2.24, 2.45) is 5.73 Å². The molecule has 1 aromatic carbocycles. The van der Waals surface area contributed by atoms with E-state index in [0.717, 1.165) is 0 Å². The van der Waals surface area contributed by atoms with Crippen LogP contribution in [0.15, 0.2) is 48.6 Å². The molecule has 3 aromatic rings. The van der Waals surface area contributed by atoms with Gasteiger partial charge in [-0.2, -0.15) is 9.97 Å². The summed E-state index contributed by atoms with van der Waals surface area (Å²) in [6.45, 7) is 3.78. The molecule has 1 aliphatic rings. The van der Waals surface area contributed by atoms with Crippen molar-refractivity contribution in [3.8, 4) is 5.88 Å². The van der Waals surface area contributed by atoms with E-state index in [9.17, 15) is 14.2 Å². The van der Waals surface area contributed by atoms with Crippen LogP contribution < -0.4 is 16.2 Å². The molecule has 4 rings (SSSR count). The zero-order valence-electron chi connectivity index (χ0n) is 20.6. The Morgan fingerprint density at radius 1 is 1.18 bits per heavy atom. The van der Waals surface area contributed by atoms with Gasteiger partial charge in [0.1, 0.15) is 0 Å². The van der Waals surface area contributed by atoms with Crippen molar-refractivity contribution in [3.63, 3.8) is 0 Å². The SMILES string of the molecule is CCOP(=O)(/C=C/[C@@H]1C[C@@H](OC(=O)c2ccccc2)[C@H](n2cnc3c(OC(N)=O)nc(N)nc32)O1)OCC. The van der Waals surface area contributed by atoms with E-state index in [1.165, 1.54) is 16.7 Å². The fourth-order valence-corrected chi connectivity index (χ4v) is 5.24. The maximum atomic E-state index is 12.9. The minimum atomic E-state index is -3.50. The molecule has 202 valence electrons. The van der Waals surface area contributed by atoms with Gasteiger partial charge in [-0.25, -0.2) is 14.6 Å². The van der Waals surface area contributed by atoms with Crippen molar-refractivity contribution < 1.29 is 37.4 Å². The highest BCUT2D eigenvalue weighted by molar-refractivity contribution is 7.57. The van der Waals surface area contributed by atoms with E-state index in [4.69, 9.17) is 34.7 Å². The Morgan fingerprint density at radius 3 is 2.55 bits per heavy atom. The fourth-order valence-electron chi connectivity index (χ4n) is 3.87. The van der Waals surface area contributed by atoms with E-state index in [1.54, 1.807) is 50.3 Å². The molecular weight excluding hydrogens is 519 g/mol. The van der Waals surface area contributed by atoms with Gasteiger partial charge in [0, 0.05) is 12.2 Å². The molecule has 38 heavy (non-hydrogen) atoms. The lowest BCUT2D eigenvalue weighted by Gasteiger charge is -2.20. The number of ether oxygens (including phenoxy) is 3. The van der Waals surface area contributed by atoms with Crippen LogP contribution in [-0.2, 0) is 23.1 Å². The summed E-state index contributed by atoms with van der Waals surface area (Å²) in [5, 5.41) is 0.